The van der Waals surface area contributed by atoms with Crippen LogP contribution in [0.4, 0.5) is 5.69 Å². The van der Waals surface area contributed by atoms with E-state index in [1.165, 1.54) is 16.5 Å². The molecule has 146 valence electrons. The molecule has 2 aromatic heterocycles. The van der Waals surface area contributed by atoms with Crippen molar-refractivity contribution in [3.8, 4) is 11.4 Å². The molecule has 2 heterocycles. The van der Waals surface area contributed by atoms with Gasteiger partial charge in [0, 0.05) is 23.5 Å². The number of rotatable bonds is 7. The van der Waals surface area contributed by atoms with E-state index in [0.29, 0.717) is 6.42 Å². The van der Waals surface area contributed by atoms with Gasteiger partial charge in [0.15, 0.2) is 0 Å². The highest BCUT2D eigenvalue weighted by molar-refractivity contribution is 5.90. The van der Waals surface area contributed by atoms with Crippen LogP contribution in [0.2, 0.25) is 0 Å². The lowest BCUT2D eigenvalue weighted by Gasteiger charge is -2.09. The number of aryl methyl sites for hydroxylation is 2. The molecule has 0 atom stereocenters. The molecule has 0 aliphatic carbocycles. The molecule has 0 aliphatic heterocycles. The van der Waals surface area contributed by atoms with Crippen molar-refractivity contribution in [3.63, 3.8) is 0 Å². The van der Waals surface area contributed by atoms with Gasteiger partial charge in [-0.3, -0.25) is 20.6 Å². The maximum absolute atomic E-state index is 12.2. The van der Waals surface area contributed by atoms with Crippen LogP contribution in [0.1, 0.15) is 24.0 Å². The second-order valence-corrected chi connectivity index (χ2v) is 7.14. The van der Waals surface area contributed by atoms with E-state index in [1.807, 2.05) is 48.5 Å². The number of carbonyl (C=O) groups excluding carboxylic acids is 1. The number of fused-ring (bicyclic) bond motifs is 1. The summed E-state index contributed by atoms with van der Waals surface area (Å²) in [7, 11) is 0. The first-order chi connectivity index (χ1) is 14.2. The number of aromatic nitrogens is 2. The van der Waals surface area contributed by atoms with E-state index in [1.54, 1.807) is 6.20 Å². The van der Waals surface area contributed by atoms with Crippen LogP contribution in [0.3, 0.4) is 0 Å². The fraction of sp³-hybridized carbons (Fsp3) is 0.167. The smallest absolute Gasteiger partial charge is 0.238 e. The number of hydrogen-bond donors (Lipinski definition) is 3. The third-order valence-corrected chi connectivity index (χ3v) is 4.93. The van der Waals surface area contributed by atoms with Crippen molar-refractivity contribution in [1.29, 1.82) is 0 Å². The molecule has 0 aliphatic rings. The lowest BCUT2D eigenvalue weighted by Crippen LogP contribution is -2.29. The van der Waals surface area contributed by atoms with E-state index in [2.05, 4.69) is 45.9 Å². The van der Waals surface area contributed by atoms with E-state index in [9.17, 15) is 4.79 Å². The third kappa shape index (κ3) is 4.46. The Morgan fingerprint density at radius 2 is 1.86 bits per heavy atom. The summed E-state index contributed by atoms with van der Waals surface area (Å²) >= 11 is 0. The van der Waals surface area contributed by atoms with Gasteiger partial charge in [0.2, 0.25) is 5.91 Å². The van der Waals surface area contributed by atoms with Crippen molar-refractivity contribution < 1.29 is 4.79 Å². The maximum Gasteiger partial charge on any atom is 0.238 e. The SMILES string of the molecule is Cc1ccc2[nH]c(-c3ccccn3)c(CCCC(=O)NNc3ccccc3)c2c1. The molecule has 5 nitrogen and oxygen atoms in total. The molecule has 4 rings (SSSR count). The summed E-state index contributed by atoms with van der Waals surface area (Å²) in [5, 5.41) is 1.20. The van der Waals surface area contributed by atoms with Gasteiger partial charge in [-0.05, 0) is 61.7 Å². The quantitative estimate of drug-likeness (QED) is 0.393. The summed E-state index contributed by atoms with van der Waals surface area (Å²) in [4.78, 5) is 20.3. The Labute approximate surface area is 170 Å². The summed E-state index contributed by atoms with van der Waals surface area (Å²) in [5.74, 6) is -0.0238. The second-order valence-electron chi connectivity index (χ2n) is 7.14. The minimum atomic E-state index is -0.0238. The predicted molar refractivity (Wildman–Crippen MR) is 117 cm³/mol. The van der Waals surface area contributed by atoms with Crippen LogP contribution >= 0.6 is 0 Å². The van der Waals surface area contributed by atoms with E-state index in [4.69, 9.17) is 0 Å². The first-order valence-corrected chi connectivity index (χ1v) is 9.83. The van der Waals surface area contributed by atoms with Crippen LogP contribution in [0.15, 0.2) is 72.9 Å². The number of hydrogen-bond acceptors (Lipinski definition) is 3. The van der Waals surface area contributed by atoms with Crippen molar-refractivity contribution in [3.05, 3.63) is 84.1 Å². The molecule has 0 spiro atoms. The third-order valence-electron chi connectivity index (χ3n) is 4.93. The molecule has 5 heteroatoms. The summed E-state index contributed by atoms with van der Waals surface area (Å²) in [5.41, 5.74) is 12.1. The molecule has 0 unspecified atom stereocenters. The van der Waals surface area contributed by atoms with E-state index in [0.717, 1.165) is 35.4 Å². The van der Waals surface area contributed by atoms with Gasteiger partial charge in [-0.25, -0.2) is 0 Å². The molecule has 2 aromatic carbocycles. The van der Waals surface area contributed by atoms with Crippen molar-refractivity contribution in [2.45, 2.75) is 26.2 Å². The van der Waals surface area contributed by atoms with Gasteiger partial charge in [-0.2, -0.15) is 0 Å². The zero-order chi connectivity index (χ0) is 20.1. The standard InChI is InChI=1S/C24H24N4O/c1-17-13-14-21-20(16-17)19(24(26-21)22-11-5-6-15-25-22)10-7-12-23(29)28-27-18-8-3-2-4-9-18/h2-6,8-9,11,13-16,26-27H,7,10,12H2,1H3,(H,28,29). The van der Waals surface area contributed by atoms with Crippen molar-refractivity contribution in [1.82, 2.24) is 15.4 Å². The Bertz CT molecular complexity index is 1100. The van der Waals surface area contributed by atoms with Crippen molar-refractivity contribution >= 4 is 22.5 Å². The number of benzene rings is 2. The Morgan fingerprint density at radius 1 is 1.03 bits per heavy atom. The summed E-state index contributed by atoms with van der Waals surface area (Å²) < 4.78 is 0. The maximum atomic E-state index is 12.2. The Kier molecular flexibility index (Phi) is 5.56. The second kappa shape index (κ2) is 8.61. The number of pyridine rings is 1. The highest BCUT2D eigenvalue weighted by Crippen LogP contribution is 2.31. The minimum Gasteiger partial charge on any atom is -0.353 e. The molecular formula is C24H24N4O. The molecule has 0 radical (unpaired) electrons. The molecule has 0 fully saturated rings. The summed E-state index contributed by atoms with van der Waals surface area (Å²) in [6.45, 7) is 2.10. The van der Waals surface area contributed by atoms with Gasteiger partial charge >= 0.3 is 0 Å². The monoisotopic (exact) mass is 384 g/mol. The molecule has 0 saturated carbocycles. The van der Waals surface area contributed by atoms with E-state index in [-0.39, 0.29) is 5.91 Å². The molecular weight excluding hydrogens is 360 g/mol. The fourth-order valence-electron chi connectivity index (χ4n) is 3.50. The number of nitrogens with zero attached hydrogens (tertiary/aromatic N) is 1. The molecule has 0 bridgehead atoms. The fourth-order valence-corrected chi connectivity index (χ4v) is 3.50. The molecule has 0 saturated heterocycles. The number of carbonyl (C=O) groups is 1. The topological polar surface area (TPSA) is 69.8 Å². The average molecular weight is 384 g/mol. The number of aromatic amines is 1. The number of anilines is 1. The largest absolute Gasteiger partial charge is 0.353 e. The van der Waals surface area contributed by atoms with Gasteiger partial charge in [0.25, 0.3) is 0 Å². The average Bonchev–Trinajstić information content (AvgIpc) is 3.11. The van der Waals surface area contributed by atoms with Crippen LogP contribution in [-0.2, 0) is 11.2 Å². The first-order valence-electron chi connectivity index (χ1n) is 9.83. The van der Waals surface area contributed by atoms with Gasteiger partial charge in [-0.1, -0.05) is 35.9 Å². The molecule has 29 heavy (non-hydrogen) atoms. The van der Waals surface area contributed by atoms with Gasteiger partial charge < -0.3 is 4.98 Å². The lowest BCUT2D eigenvalue weighted by atomic mass is 10.0. The molecule has 4 aromatic rings. The van der Waals surface area contributed by atoms with Crippen molar-refractivity contribution in [2.24, 2.45) is 0 Å². The van der Waals surface area contributed by atoms with E-state index < -0.39 is 0 Å². The zero-order valence-corrected chi connectivity index (χ0v) is 16.4. The Hall–Kier alpha value is -3.60. The van der Waals surface area contributed by atoms with Crippen LogP contribution in [-0.4, -0.2) is 15.9 Å². The Balaban J connectivity index is 1.47. The van der Waals surface area contributed by atoms with Crippen LogP contribution < -0.4 is 10.9 Å². The predicted octanol–water partition coefficient (Wildman–Crippen LogP) is 5.00. The van der Waals surface area contributed by atoms with Gasteiger partial charge in [0.05, 0.1) is 17.1 Å². The van der Waals surface area contributed by atoms with Gasteiger partial charge in [0.1, 0.15) is 0 Å². The highest BCUT2D eigenvalue weighted by Gasteiger charge is 2.14. The van der Waals surface area contributed by atoms with Crippen LogP contribution in [0.5, 0.6) is 0 Å². The highest BCUT2D eigenvalue weighted by atomic mass is 16.2. The summed E-state index contributed by atoms with van der Waals surface area (Å²) in [6.07, 6.45) is 3.80. The van der Waals surface area contributed by atoms with Crippen LogP contribution in [0, 0.1) is 6.92 Å². The van der Waals surface area contributed by atoms with E-state index >= 15 is 0 Å². The number of para-hydroxylation sites is 1. The normalized spacial score (nSPS) is 10.8. The van der Waals surface area contributed by atoms with Crippen LogP contribution in [0.25, 0.3) is 22.3 Å². The Morgan fingerprint density at radius 3 is 2.66 bits per heavy atom. The first kappa shape index (κ1) is 18.7. The summed E-state index contributed by atoms with van der Waals surface area (Å²) in [6, 6.07) is 21.9. The van der Waals surface area contributed by atoms with Crippen molar-refractivity contribution in [2.75, 3.05) is 5.43 Å². The molecule has 3 N–H and O–H groups in total. The zero-order valence-electron chi connectivity index (χ0n) is 16.4. The molecule has 1 amide bonds. The lowest BCUT2D eigenvalue weighted by molar-refractivity contribution is -0.120. The number of H-pyrrole nitrogens is 1. The number of amides is 1. The number of hydrazine groups is 1. The number of nitrogens with one attached hydrogen (secondary N) is 3. The van der Waals surface area contributed by atoms with Gasteiger partial charge in [-0.15, -0.1) is 0 Å². The minimum absolute atomic E-state index is 0.0238.